The minimum absolute atomic E-state index is 0.670. The Balaban J connectivity index is 2.20. The van der Waals surface area contributed by atoms with Gasteiger partial charge in [0.15, 0.2) is 0 Å². The quantitative estimate of drug-likeness (QED) is 0.790. The van der Waals surface area contributed by atoms with Crippen LogP contribution in [0.3, 0.4) is 0 Å². The summed E-state index contributed by atoms with van der Waals surface area (Å²) >= 11 is 0. The molecule has 1 N–H and O–H groups in total. The molecule has 0 spiro atoms. The smallest absolute Gasteiger partial charge is 0.119 e. The van der Waals surface area contributed by atoms with Gasteiger partial charge in [0.05, 0.1) is 6.61 Å². The second kappa shape index (κ2) is 4.71. The molecule has 0 saturated carbocycles. The van der Waals surface area contributed by atoms with E-state index in [-0.39, 0.29) is 0 Å². The zero-order valence-electron chi connectivity index (χ0n) is 9.65. The zero-order chi connectivity index (χ0) is 11.4. The summed E-state index contributed by atoms with van der Waals surface area (Å²) in [4.78, 5) is 0. The molecule has 1 atom stereocenters. The third-order valence-corrected chi connectivity index (χ3v) is 2.99. The zero-order valence-corrected chi connectivity index (χ0v) is 9.65. The third-order valence-electron chi connectivity index (χ3n) is 2.99. The van der Waals surface area contributed by atoms with Crippen LogP contribution in [-0.2, 0) is 5.60 Å². The summed E-state index contributed by atoms with van der Waals surface area (Å²) in [6.45, 7) is 2.63. The molecule has 0 radical (unpaired) electrons. The van der Waals surface area contributed by atoms with Gasteiger partial charge in [-0.25, -0.2) is 0 Å². The van der Waals surface area contributed by atoms with E-state index >= 15 is 0 Å². The van der Waals surface area contributed by atoms with Gasteiger partial charge in [-0.2, -0.15) is 0 Å². The molecule has 2 heteroatoms. The second-order valence-corrected chi connectivity index (χ2v) is 4.18. The van der Waals surface area contributed by atoms with Crippen LogP contribution in [0, 0.1) is 0 Å². The lowest BCUT2D eigenvalue weighted by atomic mass is 9.85. The highest BCUT2D eigenvalue weighted by Gasteiger charge is 2.27. The first-order valence-corrected chi connectivity index (χ1v) is 5.88. The molecule has 1 aliphatic carbocycles. The van der Waals surface area contributed by atoms with Gasteiger partial charge in [0, 0.05) is 0 Å². The van der Waals surface area contributed by atoms with Gasteiger partial charge in [-0.1, -0.05) is 24.3 Å². The minimum Gasteiger partial charge on any atom is -0.494 e. The normalized spacial score (nSPS) is 24.4. The van der Waals surface area contributed by atoms with Gasteiger partial charge in [0.2, 0.25) is 0 Å². The van der Waals surface area contributed by atoms with Gasteiger partial charge in [-0.15, -0.1) is 0 Å². The lowest BCUT2D eigenvalue weighted by molar-refractivity contribution is 0.0725. The topological polar surface area (TPSA) is 29.5 Å². The largest absolute Gasteiger partial charge is 0.494 e. The van der Waals surface area contributed by atoms with Crippen LogP contribution in [0.25, 0.3) is 0 Å². The van der Waals surface area contributed by atoms with Crippen molar-refractivity contribution in [1.82, 2.24) is 0 Å². The van der Waals surface area contributed by atoms with Crippen LogP contribution >= 0.6 is 0 Å². The van der Waals surface area contributed by atoms with E-state index < -0.39 is 5.60 Å². The van der Waals surface area contributed by atoms with Gasteiger partial charge >= 0.3 is 0 Å². The molecule has 1 aromatic carbocycles. The van der Waals surface area contributed by atoms with Gasteiger partial charge < -0.3 is 9.84 Å². The number of hydrogen-bond donors (Lipinski definition) is 1. The van der Waals surface area contributed by atoms with Crippen LogP contribution in [-0.4, -0.2) is 11.7 Å². The van der Waals surface area contributed by atoms with Crippen LogP contribution in [0.5, 0.6) is 5.75 Å². The SMILES string of the molecule is CCOc1ccc(C2(O)C=CCCC2)cc1. The Labute approximate surface area is 96.6 Å². The third kappa shape index (κ3) is 2.27. The summed E-state index contributed by atoms with van der Waals surface area (Å²) in [5.74, 6) is 0.856. The molecule has 1 aromatic rings. The molecule has 1 unspecified atom stereocenters. The number of allylic oxidation sites excluding steroid dienone is 1. The molecule has 0 fully saturated rings. The van der Waals surface area contributed by atoms with Crippen molar-refractivity contribution in [2.75, 3.05) is 6.61 Å². The van der Waals surface area contributed by atoms with E-state index in [0.29, 0.717) is 6.61 Å². The van der Waals surface area contributed by atoms with E-state index in [0.717, 1.165) is 30.6 Å². The van der Waals surface area contributed by atoms with Crippen molar-refractivity contribution < 1.29 is 9.84 Å². The van der Waals surface area contributed by atoms with Gasteiger partial charge in [0.1, 0.15) is 11.4 Å². The lowest BCUT2D eigenvalue weighted by Crippen LogP contribution is -2.24. The van der Waals surface area contributed by atoms with Gasteiger partial charge in [-0.05, 0) is 43.9 Å². The fraction of sp³-hybridized carbons (Fsp3) is 0.429. The maximum atomic E-state index is 10.4. The highest BCUT2D eigenvalue weighted by Crippen LogP contribution is 2.33. The molecule has 86 valence electrons. The van der Waals surface area contributed by atoms with Crippen molar-refractivity contribution in [3.8, 4) is 5.75 Å². The summed E-state index contributed by atoms with van der Waals surface area (Å²) in [7, 11) is 0. The average molecular weight is 218 g/mol. The average Bonchev–Trinajstić information content (AvgIpc) is 2.31. The molecular formula is C14H18O2. The number of aliphatic hydroxyl groups is 1. The number of benzene rings is 1. The fourth-order valence-corrected chi connectivity index (χ4v) is 2.10. The van der Waals surface area contributed by atoms with E-state index in [9.17, 15) is 5.11 Å². The Hall–Kier alpha value is -1.28. The van der Waals surface area contributed by atoms with Crippen molar-refractivity contribution in [2.24, 2.45) is 0 Å². The summed E-state index contributed by atoms with van der Waals surface area (Å²) < 4.78 is 5.38. The first-order valence-electron chi connectivity index (χ1n) is 5.88. The predicted octanol–water partition coefficient (Wildman–Crippen LogP) is 3.01. The summed E-state index contributed by atoms with van der Waals surface area (Å²) in [6.07, 6.45) is 6.88. The standard InChI is InChI=1S/C14H18O2/c1-2-16-13-8-6-12(7-9-13)14(15)10-4-3-5-11-14/h4,6-10,15H,2-3,5,11H2,1H3. The van der Waals surface area contributed by atoms with Crippen LogP contribution < -0.4 is 4.74 Å². The van der Waals surface area contributed by atoms with Crippen molar-refractivity contribution >= 4 is 0 Å². The van der Waals surface area contributed by atoms with Crippen molar-refractivity contribution in [3.05, 3.63) is 42.0 Å². The molecule has 0 aliphatic heterocycles. The number of rotatable bonds is 3. The molecular weight excluding hydrogens is 200 g/mol. The molecule has 0 bridgehead atoms. The Morgan fingerprint density at radius 2 is 2.06 bits per heavy atom. The molecule has 2 nitrogen and oxygen atoms in total. The maximum Gasteiger partial charge on any atom is 0.119 e. The maximum absolute atomic E-state index is 10.4. The number of ether oxygens (including phenoxy) is 1. The molecule has 2 rings (SSSR count). The second-order valence-electron chi connectivity index (χ2n) is 4.18. The van der Waals surface area contributed by atoms with E-state index in [1.54, 1.807) is 0 Å². The Morgan fingerprint density at radius 3 is 2.62 bits per heavy atom. The highest BCUT2D eigenvalue weighted by atomic mass is 16.5. The summed E-state index contributed by atoms with van der Waals surface area (Å²) in [6, 6.07) is 7.72. The van der Waals surface area contributed by atoms with Gasteiger partial charge in [-0.3, -0.25) is 0 Å². The lowest BCUT2D eigenvalue weighted by Gasteiger charge is -2.28. The first-order chi connectivity index (χ1) is 7.74. The molecule has 0 amide bonds. The molecule has 0 heterocycles. The van der Waals surface area contributed by atoms with E-state index in [1.165, 1.54) is 0 Å². The van der Waals surface area contributed by atoms with Gasteiger partial charge in [0.25, 0.3) is 0 Å². The first kappa shape index (κ1) is 11.2. The molecule has 0 saturated heterocycles. The fourth-order valence-electron chi connectivity index (χ4n) is 2.10. The highest BCUT2D eigenvalue weighted by molar-refractivity contribution is 5.34. The Bertz CT molecular complexity index is 367. The van der Waals surface area contributed by atoms with E-state index in [2.05, 4.69) is 6.08 Å². The van der Waals surface area contributed by atoms with Crippen LogP contribution in [0.15, 0.2) is 36.4 Å². The van der Waals surface area contributed by atoms with Crippen molar-refractivity contribution in [1.29, 1.82) is 0 Å². The number of hydrogen-bond acceptors (Lipinski definition) is 2. The Kier molecular flexibility index (Phi) is 3.30. The van der Waals surface area contributed by atoms with Crippen molar-refractivity contribution in [3.63, 3.8) is 0 Å². The van der Waals surface area contributed by atoms with Crippen LogP contribution in [0.1, 0.15) is 31.7 Å². The molecule has 1 aliphatic rings. The predicted molar refractivity (Wildman–Crippen MR) is 64.5 cm³/mol. The summed E-state index contributed by atoms with van der Waals surface area (Å²) in [5, 5.41) is 10.4. The van der Waals surface area contributed by atoms with Crippen LogP contribution in [0.2, 0.25) is 0 Å². The minimum atomic E-state index is -0.775. The summed E-state index contributed by atoms with van der Waals surface area (Å²) in [5.41, 5.74) is 0.176. The molecule has 16 heavy (non-hydrogen) atoms. The van der Waals surface area contributed by atoms with E-state index in [1.807, 2.05) is 37.3 Å². The van der Waals surface area contributed by atoms with E-state index in [4.69, 9.17) is 4.74 Å². The molecule has 0 aromatic heterocycles. The monoisotopic (exact) mass is 218 g/mol. The Morgan fingerprint density at radius 1 is 1.31 bits per heavy atom. The van der Waals surface area contributed by atoms with Crippen molar-refractivity contribution in [2.45, 2.75) is 31.8 Å². The van der Waals surface area contributed by atoms with Crippen LogP contribution in [0.4, 0.5) is 0 Å².